The van der Waals surface area contributed by atoms with Crippen LogP contribution in [0.2, 0.25) is 0 Å². The van der Waals surface area contributed by atoms with Crippen molar-refractivity contribution in [1.29, 1.82) is 0 Å². The normalized spacial score (nSPS) is 20.9. The van der Waals surface area contributed by atoms with Crippen LogP contribution in [-0.4, -0.2) is 23.8 Å². The first kappa shape index (κ1) is 31.2. The molecule has 1 aromatic carbocycles. The van der Waals surface area contributed by atoms with Crippen LogP contribution in [0.4, 0.5) is 17.1 Å². The van der Waals surface area contributed by atoms with Crippen LogP contribution in [0.25, 0.3) is 0 Å². The van der Waals surface area contributed by atoms with Crippen molar-refractivity contribution in [3.8, 4) is 0 Å². The molecule has 3 rings (SSSR count). The zero-order valence-electron chi connectivity index (χ0n) is 25.8. The fourth-order valence-electron chi connectivity index (χ4n) is 6.27. The highest BCUT2D eigenvalue weighted by atomic mass is 16.2. The second kappa shape index (κ2) is 12.9. The molecule has 39 heavy (non-hydrogen) atoms. The largest absolute Gasteiger partial charge is 0.326 e. The van der Waals surface area contributed by atoms with E-state index in [1.54, 1.807) is 0 Å². The third-order valence-corrected chi connectivity index (χ3v) is 8.47. The zero-order chi connectivity index (χ0) is 29.0. The molecule has 6 nitrogen and oxygen atoms in total. The summed E-state index contributed by atoms with van der Waals surface area (Å²) in [6, 6.07) is 5.56. The Morgan fingerprint density at radius 1 is 0.795 bits per heavy atom. The number of nitrogens with zero attached hydrogens (tertiary/aromatic N) is 1. The van der Waals surface area contributed by atoms with E-state index in [1.807, 2.05) is 57.7 Å². The molecule has 3 amide bonds. The Kier molecular flexibility index (Phi) is 10.3. The van der Waals surface area contributed by atoms with E-state index in [2.05, 4.69) is 31.4 Å². The van der Waals surface area contributed by atoms with Crippen molar-refractivity contribution in [2.45, 2.75) is 126 Å². The van der Waals surface area contributed by atoms with Gasteiger partial charge in [-0.15, -0.1) is 0 Å². The molecule has 0 radical (unpaired) electrons. The van der Waals surface area contributed by atoms with Gasteiger partial charge >= 0.3 is 0 Å². The Labute approximate surface area is 237 Å². The Bertz CT molecular complexity index is 1000. The minimum absolute atomic E-state index is 0.0174. The lowest BCUT2D eigenvalue weighted by Crippen LogP contribution is -2.41. The number of nitrogens with one attached hydrogen (secondary N) is 2. The van der Waals surface area contributed by atoms with Crippen molar-refractivity contribution < 1.29 is 14.4 Å². The number of anilines is 3. The van der Waals surface area contributed by atoms with Crippen molar-refractivity contribution in [3.05, 3.63) is 18.2 Å². The third kappa shape index (κ3) is 9.08. The summed E-state index contributed by atoms with van der Waals surface area (Å²) in [6.07, 6.45) is 9.49. The van der Waals surface area contributed by atoms with E-state index in [9.17, 15) is 14.4 Å². The number of hydrogen-bond donors (Lipinski definition) is 2. The van der Waals surface area contributed by atoms with Gasteiger partial charge in [-0.1, -0.05) is 60.8 Å². The Morgan fingerprint density at radius 3 is 1.87 bits per heavy atom. The number of carbonyl (C=O) groups is 3. The number of hydrogen-bond acceptors (Lipinski definition) is 3. The third-order valence-electron chi connectivity index (χ3n) is 8.47. The molecule has 0 atom stereocenters. The van der Waals surface area contributed by atoms with Gasteiger partial charge in [-0.25, -0.2) is 0 Å². The summed E-state index contributed by atoms with van der Waals surface area (Å²) in [5.74, 6) is 0.737. The molecule has 2 aliphatic carbocycles. The first-order valence-corrected chi connectivity index (χ1v) is 15.2. The summed E-state index contributed by atoms with van der Waals surface area (Å²) in [5, 5.41) is 6.19. The summed E-state index contributed by atoms with van der Waals surface area (Å²) in [4.78, 5) is 41.8. The monoisotopic (exact) mass is 539 g/mol. The van der Waals surface area contributed by atoms with E-state index in [0.29, 0.717) is 23.7 Å². The fraction of sp³-hybridized carbons (Fsp3) is 0.727. The molecule has 2 saturated carbocycles. The van der Waals surface area contributed by atoms with Gasteiger partial charge < -0.3 is 15.5 Å². The summed E-state index contributed by atoms with van der Waals surface area (Å²) >= 11 is 0. The molecule has 0 heterocycles. The SMILES string of the molecule is CC(C)N(C(=O)C1CCCCC1)c1cc(NC(=O)CC(C)(C)C)cc(NC(=O)C2CCC(C(C)(C)C)CC2)c1. The molecule has 218 valence electrons. The highest BCUT2D eigenvalue weighted by Gasteiger charge is 2.33. The van der Waals surface area contributed by atoms with Gasteiger partial charge in [-0.3, -0.25) is 14.4 Å². The van der Waals surface area contributed by atoms with E-state index in [-0.39, 0.29) is 46.4 Å². The highest BCUT2D eigenvalue weighted by molar-refractivity contribution is 6.00. The molecule has 2 aliphatic rings. The van der Waals surface area contributed by atoms with Gasteiger partial charge in [0.15, 0.2) is 0 Å². The molecule has 6 heteroatoms. The summed E-state index contributed by atoms with van der Waals surface area (Å²) in [7, 11) is 0. The minimum atomic E-state index is -0.147. The number of amides is 3. The van der Waals surface area contributed by atoms with Gasteiger partial charge in [0.1, 0.15) is 0 Å². The van der Waals surface area contributed by atoms with Crippen molar-refractivity contribution in [1.82, 2.24) is 0 Å². The molecule has 1 aromatic rings. The van der Waals surface area contributed by atoms with Crippen molar-refractivity contribution in [2.75, 3.05) is 15.5 Å². The lowest BCUT2D eigenvalue weighted by atomic mass is 9.69. The van der Waals surface area contributed by atoms with Crippen molar-refractivity contribution in [3.63, 3.8) is 0 Å². The van der Waals surface area contributed by atoms with Crippen LogP contribution < -0.4 is 15.5 Å². The summed E-state index contributed by atoms with van der Waals surface area (Å²) < 4.78 is 0. The van der Waals surface area contributed by atoms with Gasteiger partial charge in [0.2, 0.25) is 17.7 Å². The molecule has 2 N–H and O–H groups in total. The maximum atomic E-state index is 13.7. The molecule has 0 saturated heterocycles. The molecule has 0 aromatic heterocycles. The molecular weight excluding hydrogens is 486 g/mol. The Morgan fingerprint density at radius 2 is 1.36 bits per heavy atom. The van der Waals surface area contributed by atoms with Gasteiger partial charge in [0.05, 0.1) is 0 Å². The van der Waals surface area contributed by atoms with Gasteiger partial charge in [-0.2, -0.15) is 0 Å². The van der Waals surface area contributed by atoms with Crippen LogP contribution in [0.15, 0.2) is 18.2 Å². The quantitative estimate of drug-likeness (QED) is 0.367. The van der Waals surface area contributed by atoms with Gasteiger partial charge in [-0.05, 0) is 87.3 Å². The van der Waals surface area contributed by atoms with Crippen molar-refractivity contribution >= 4 is 34.8 Å². The van der Waals surface area contributed by atoms with E-state index in [0.717, 1.165) is 57.1 Å². The number of rotatable bonds is 7. The lowest BCUT2D eigenvalue weighted by Gasteiger charge is -2.36. The van der Waals surface area contributed by atoms with E-state index in [1.165, 1.54) is 6.42 Å². The maximum Gasteiger partial charge on any atom is 0.230 e. The molecule has 2 fully saturated rings. The first-order chi connectivity index (χ1) is 18.1. The van der Waals surface area contributed by atoms with E-state index >= 15 is 0 Å². The highest BCUT2D eigenvalue weighted by Crippen LogP contribution is 2.40. The first-order valence-electron chi connectivity index (χ1n) is 15.2. The summed E-state index contributed by atoms with van der Waals surface area (Å²) in [5.41, 5.74) is 2.08. The summed E-state index contributed by atoms with van der Waals surface area (Å²) in [6.45, 7) is 17.0. The predicted octanol–water partition coefficient (Wildman–Crippen LogP) is 8.17. The van der Waals surface area contributed by atoms with E-state index < -0.39 is 0 Å². The maximum absolute atomic E-state index is 13.7. The standard InChI is InChI=1S/C33H53N3O3/c1-22(2)36(31(39)24-12-10-9-11-13-24)28-19-26(34-29(37)21-32(3,4)5)18-27(20-28)35-30(38)23-14-16-25(17-15-23)33(6,7)8/h18-20,22-25H,9-17,21H2,1-8H3,(H,34,37)(H,35,38). The molecule has 0 spiro atoms. The van der Waals surface area contributed by atoms with Gasteiger partial charge in [0, 0.05) is 41.4 Å². The average molecular weight is 540 g/mol. The van der Waals surface area contributed by atoms with Crippen LogP contribution >= 0.6 is 0 Å². The Balaban J connectivity index is 1.86. The zero-order valence-corrected chi connectivity index (χ0v) is 25.8. The number of benzene rings is 1. The predicted molar refractivity (Wildman–Crippen MR) is 162 cm³/mol. The average Bonchev–Trinajstić information content (AvgIpc) is 2.82. The smallest absolute Gasteiger partial charge is 0.230 e. The second-order valence-corrected chi connectivity index (χ2v) is 14.6. The second-order valence-electron chi connectivity index (χ2n) is 14.6. The fourth-order valence-corrected chi connectivity index (χ4v) is 6.27. The molecule has 0 aliphatic heterocycles. The van der Waals surface area contributed by atoms with Crippen molar-refractivity contribution in [2.24, 2.45) is 28.6 Å². The van der Waals surface area contributed by atoms with Crippen LogP contribution in [0.1, 0.15) is 120 Å². The lowest BCUT2D eigenvalue weighted by molar-refractivity contribution is -0.123. The van der Waals surface area contributed by atoms with Crippen LogP contribution in [0, 0.1) is 28.6 Å². The van der Waals surface area contributed by atoms with E-state index in [4.69, 9.17) is 0 Å². The molecular formula is C33H53N3O3. The van der Waals surface area contributed by atoms with Gasteiger partial charge in [0.25, 0.3) is 0 Å². The minimum Gasteiger partial charge on any atom is -0.326 e. The van der Waals surface area contributed by atoms with Crippen LogP contribution in [-0.2, 0) is 14.4 Å². The number of carbonyl (C=O) groups excluding carboxylic acids is 3. The van der Waals surface area contributed by atoms with Crippen LogP contribution in [0.3, 0.4) is 0 Å². The Hall–Kier alpha value is -2.37. The molecule has 0 unspecified atom stereocenters. The molecule has 0 bridgehead atoms. The topological polar surface area (TPSA) is 78.5 Å². The van der Waals surface area contributed by atoms with Crippen LogP contribution in [0.5, 0.6) is 0 Å².